The molecule has 0 bridgehead atoms. The number of carboxylic acids is 1. The lowest BCUT2D eigenvalue weighted by Crippen LogP contribution is -2.42. The second-order valence-corrected chi connectivity index (χ2v) is 7.13. The van der Waals surface area contributed by atoms with Crippen LogP contribution in [0.15, 0.2) is 0 Å². The van der Waals surface area contributed by atoms with E-state index in [1.54, 1.807) is 0 Å². The lowest BCUT2D eigenvalue weighted by atomic mass is 9.76. The van der Waals surface area contributed by atoms with Crippen LogP contribution in [0.25, 0.3) is 0 Å². The van der Waals surface area contributed by atoms with Crippen LogP contribution < -0.4 is 11.1 Å². The van der Waals surface area contributed by atoms with Gasteiger partial charge in [-0.15, -0.1) is 0 Å². The van der Waals surface area contributed by atoms with Crippen molar-refractivity contribution in [3.63, 3.8) is 0 Å². The van der Waals surface area contributed by atoms with Gasteiger partial charge in [0.1, 0.15) is 0 Å². The molecule has 0 heterocycles. The lowest BCUT2D eigenvalue weighted by molar-refractivity contribution is -0.137. The van der Waals surface area contributed by atoms with Crippen molar-refractivity contribution in [1.29, 1.82) is 0 Å². The quantitative estimate of drug-likeness (QED) is 0.636. The Bertz CT molecular complexity index is 333. The lowest BCUT2D eigenvalue weighted by Gasteiger charge is -2.31. The molecule has 5 nitrogen and oxygen atoms in total. The summed E-state index contributed by atoms with van der Waals surface area (Å²) in [7, 11) is 0. The van der Waals surface area contributed by atoms with Gasteiger partial charge in [0, 0.05) is 19.5 Å². The van der Waals surface area contributed by atoms with Gasteiger partial charge < -0.3 is 16.2 Å². The highest BCUT2D eigenvalue weighted by Gasteiger charge is 2.27. The summed E-state index contributed by atoms with van der Waals surface area (Å²) < 4.78 is 0. The Labute approximate surface area is 122 Å². The van der Waals surface area contributed by atoms with E-state index in [4.69, 9.17) is 10.8 Å². The molecule has 0 rings (SSSR count). The minimum atomic E-state index is -0.771. The van der Waals surface area contributed by atoms with Gasteiger partial charge in [0.05, 0.1) is 5.41 Å². The van der Waals surface area contributed by atoms with E-state index in [1.807, 2.05) is 13.8 Å². The fraction of sp³-hybridized carbons (Fsp3) is 0.867. The van der Waals surface area contributed by atoms with Crippen molar-refractivity contribution in [3.05, 3.63) is 0 Å². The maximum Gasteiger partial charge on any atom is 0.303 e. The van der Waals surface area contributed by atoms with E-state index < -0.39 is 11.4 Å². The van der Waals surface area contributed by atoms with Crippen LogP contribution in [0.4, 0.5) is 0 Å². The summed E-state index contributed by atoms with van der Waals surface area (Å²) >= 11 is 0. The van der Waals surface area contributed by atoms with E-state index in [0.717, 1.165) is 6.42 Å². The molecule has 0 aromatic carbocycles. The molecule has 118 valence electrons. The summed E-state index contributed by atoms with van der Waals surface area (Å²) in [5, 5.41) is 11.7. The first-order chi connectivity index (χ1) is 9.00. The van der Waals surface area contributed by atoms with Gasteiger partial charge in [0.15, 0.2) is 0 Å². The number of carboxylic acid groups (broad SMARTS) is 1. The van der Waals surface area contributed by atoms with Gasteiger partial charge in [-0.3, -0.25) is 9.59 Å². The third-order valence-electron chi connectivity index (χ3n) is 3.83. The summed E-state index contributed by atoms with van der Waals surface area (Å²) in [5.41, 5.74) is 5.04. The maximum atomic E-state index is 11.9. The number of rotatable bonds is 8. The molecular formula is C15H30N2O3. The molecule has 5 heteroatoms. The van der Waals surface area contributed by atoms with E-state index >= 15 is 0 Å². The van der Waals surface area contributed by atoms with Crippen molar-refractivity contribution in [2.75, 3.05) is 13.1 Å². The van der Waals surface area contributed by atoms with Crippen molar-refractivity contribution in [2.24, 2.45) is 22.5 Å². The SMILES string of the molecule is CC(C)(CN)C(=O)NCCC(CCC(=O)O)C(C)(C)C. The average Bonchev–Trinajstić information content (AvgIpc) is 2.31. The molecule has 0 aromatic heterocycles. The van der Waals surface area contributed by atoms with E-state index in [9.17, 15) is 9.59 Å². The van der Waals surface area contributed by atoms with Crippen molar-refractivity contribution in [3.8, 4) is 0 Å². The monoisotopic (exact) mass is 286 g/mol. The molecule has 1 atom stereocenters. The zero-order chi connectivity index (χ0) is 16.0. The predicted octanol–water partition coefficient (Wildman–Crippen LogP) is 2.00. The zero-order valence-corrected chi connectivity index (χ0v) is 13.5. The Morgan fingerprint density at radius 2 is 1.70 bits per heavy atom. The fourth-order valence-corrected chi connectivity index (χ4v) is 2.00. The summed E-state index contributed by atoms with van der Waals surface area (Å²) in [6.45, 7) is 10.8. The number of carbonyl (C=O) groups is 2. The Morgan fingerprint density at radius 1 is 1.15 bits per heavy atom. The molecule has 0 aliphatic heterocycles. The first-order valence-electron chi connectivity index (χ1n) is 7.21. The summed E-state index contributed by atoms with van der Waals surface area (Å²) in [5.74, 6) is -0.557. The smallest absolute Gasteiger partial charge is 0.303 e. The average molecular weight is 286 g/mol. The van der Waals surface area contributed by atoms with E-state index in [1.165, 1.54) is 0 Å². The number of nitrogens with two attached hydrogens (primary N) is 1. The van der Waals surface area contributed by atoms with Gasteiger partial charge in [-0.05, 0) is 38.0 Å². The van der Waals surface area contributed by atoms with Crippen molar-refractivity contribution in [2.45, 2.75) is 53.9 Å². The van der Waals surface area contributed by atoms with E-state index in [2.05, 4.69) is 26.1 Å². The number of amides is 1. The number of hydrogen-bond acceptors (Lipinski definition) is 3. The second kappa shape index (κ2) is 7.62. The first-order valence-corrected chi connectivity index (χ1v) is 7.21. The van der Waals surface area contributed by atoms with Crippen molar-refractivity contribution >= 4 is 11.9 Å². The topological polar surface area (TPSA) is 92.4 Å². The summed E-state index contributed by atoms with van der Waals surface area (Å²) in [4.78, 5) is 22.6. The predicted molar refractivity (Wildman–Crippen MR) is 80.3 cm³/mol. The van der Waals surface area contributed by atoms with Crippen LogP contribution in [0.1, 0.15) is 53.9 Å². The molecule has 0 fully saturated rings. The molecular weight excluding hydrogens is 256 g/mol. The van der Waals surface area contributed by atoms with Gasteiger partial charge in [-0.1, -0.05) is 20.8 Å². The molecule has 0 aromatic rings. The first kappa shape index (κ1) is 18.9. The zero-order valence-electron chi connectivity index (χ0n) is 13.5. The van der Waals surface area contributed by atoms with Crippen LogP contribution in [0.3, 0.4) is 0 Å². The Hall–Kier alpha value is -1.10. The minimum Gasteiger partial charge on any atom is -0.481 e. The molecule has 0 radical (unpaired) electrons. The molecule has 0 saturated heterocycles. The number of hydrogen-bond donors (Lipinski definition) is 3. The van der Waals surface area contributed by atoms with Gasteiger partial charge in [-0.25, -0.2) is 0 Å². The van der Waals surface area contributed by atoms with Crippen LogP contribution in [-0.4, -0.2) is 30.1 Å². The molecule has 0 aliphatic carbocycles. The normalized spacial score (nSPS) is 13.9. The molecule has 0 spiro atoms. The largest absolute Gasteiger partial charge is 0.481 e. The third kappa shape index (κ3) is 6.89. The fourth-order valence-electron chi connectivity index (χ4n) is 2.00. The van der Waals surface area contributed by atoms with Crippen LogP contribution >= 0.6 is 0 Å². The summed E-state index contributed by atoms with van der Waals surface area (Å²) in [6.07, 6.45) is 1.59. The number of carbonyl (C=O) groups excluding carboxylic acids is 1. The molecule has 1 unspecified atom stereocenters. The minimum absolute atomic E-state index is 0.0313. The summed E-state index contributed by atoms with van der Waals surface area (Å²) in [6, 6.07) is 0. The van der Waals surface area contributed by atoms with Gasteiger partial charge in [-0.2, -0.15) is 0 Å². The highest BCUT2D eigenvalue weighted by Crippen LogP contribution is 2.32. The Balaban J connectivity index is 4.35. The molecule has 0 aliphatic rings. The van der Waals surface area contributed by atoms with Gasteiger partial charge in [0.25, 0.3) is 0 Å². The van der Waals surface area contributed by atoms with E-state index in [-0.39, 0.29) is 23.7 Å². The Morgan fingerprint density at radius 3 is 2.10 bits per heavy atom. The van der Waals surface area contributed by atoms with Crippen LogP contribution in [0.2, 0.25) is 0 Å². The second-order valence-electron chi connectivity index (χ2n) is 7.13. The van der Waals surface area contributed by atoms with Gasteiger partial charge in [0.2, 0.25) is 5.91 Å². The molecule has 0 saturated carbocycles. The number of aliphatic carboxylic acids is 1. The molecule has 20 heavy (non-hydrogen) atoms. The van der Waals surface area contributed by atoms with Gasteiger partial charge >= 0.3 is 5.97 Å². The van der Waals surface area contributed by atoms with Crippen molar-refractivity contribution < 1.29 is 14.7 Å². The van der Waals surface area contributed by atoms with Crippen LogP contribution in [0.5, 0.6) is 0 Å². The highest BCUT2D eigenvalue weighted by molar-refractivity contribution is 5.81. The standard InChI is InChI=1S/C15H30N2O3/c1-14(2,3)11(6-7-12(18)19)8-9-17-13(20)15(4,5)10-16/h11H,6-10,16H2,1-5H3,(H,17,20)(H,18,19). The maximum absolute atomic E-state index is 11.9. The Kier molecular flexibility index (Phi) is 7.20. The van der Waals surface area contributed by atoms with Crippen LogP contribution in [0, 0.1) is 16.7 Å². The van der Waals surface area contributed by atoms with E-state index in [0.29, 0.717) is 19.5 Å². The highest BCUT2D eigenvalue weighted by atomic mass is 16.4. The molecule has 4 N–H and O–H groups in total. The van der Waals surface area contributed by atoms with Crippen molar-refractivity contribution in [1.82, 2.24) is 5.32 Å². The molecule has 1 amide bonds. The third-order valence-corrected chi connectivity index (χ3v) is 3.83. The number of nitrogens with one attached hydrogen (secondary N) is 1. The van der Waals surface area contributed by atoms with Crippen LogP contribution in [-0.2, 0) is 9.59 Å².